The normalized spacial score (nSPS) is 17.6. The SMILES string of the molecule is CCCN1CCCN(c2ncnc3c(C)csc23)CC1. The highest BCUT2D eigenvalue weighted by atomic mass is 32.1. The van der Waals surface area contributed by atoms with Crippen LogP contribution in [0, 0.1) is 6.92 Å². The fraction of sp³-hybridized carbons (Fsp3) is 0.600. The van der Waals surface area contributed by atoms with Gasteiger partial charge in [-0.25, -0.2) is 9.97 Å². The highest BCUT2D eigenvalue weighted by molar-refractivity contribution is 7.18. The summed E-state index contributed by atoms with van der Waals surface area (Å²) >= 11 is 1.77. The summed E-state index contributed by atoms with van der Waals surface area (Å²) in [6.07, 6.45) is 4.17. The Hall–Kier alpha value is -1.20. The largest absolute Gasteiger partial charge is 0.354 e. The van der Waals surface area contributed by atoms with Crippen molar-refractivity contribution in [2.45, 2.75) is 26.7 Å². The number of fused-ring (bicyclic) bond motifs is 1. The topological polar surface area (TPSA) is 32.3 Å². The van der Waals surface area contributed by atoms with Crippen molar-refractivity contribution >= 4 is 27.4 Å². The van der Waals surface area contributed by atoms with E-state index >= 15 is 0 Å². The molecule has 0 N–H and O–H groups in total. The molecule has 1 aliphatic heterocycles. The van der Waals surface area contributed by atoms with Crippen LogP contribution in [0.25, 0.3) is 10.2 Å². The van der Waals surface area contributed by atoms with Gasteiger partial charge in [-0.3, -0.25) is 0 Å². The molecule has 20 heavy (non-hydrogen) atoms. The Balaban J connectivity index is 1.84. The predicted octanol–water partition coefficient (Wildman–Crippen LogP) is 2.92. The van der Waals surface area contributed by atoms with E-state index in [4.69, 9.17) is 0 Å². The van der Waals surface area contributed by atoms with Crippen LogP contribution in [0.3, 0.4) is 0 Å². The average molecular weight is 290 g/mol. The van der Waals surface area contributed by atoms with Crippen LogP contribution in [0.1, 0.15) is 25.3 Å². The van der Waals surface area contributed by atoms with E-state index in [9.17, 15) is 0 Å². The zero-order chi connectivity index (χ0) is 13.9. The van der Waals surface area contributed by atoms with Crippen molar-refractivity contribution < 1.29 is 0 Å². The molecule has 3 heterocycles. The van der Waals surface area contributed by atoms with E-state index < -0.39 is 0 Å². The van der Waals surface area contributed by atoms with Gasteiger partial charge in [-0.15, -0.1) is 11.3 Å². The fourth-order valence-electron chi connectivity index (χ4n) is 2.90. The minimum atomic E-state index is 1.07. The smallest absolute Gasteiger partial charge is 0.150 e. The molecule has 0 aromatic carbocycles. The van der Waals surface area contributed by atoms with E-state index in [2.05, 4.69) is 39.0 Å². The zero-order valence-corrected chi connectivity index (χ0v) is 13.1. The molecular weight excluding hydrogens is 268 g/mol. The molecule has 4 nitrogen and oxygen atoms in total. The molecule has 0 radical (unpaired) electrons. The lowest BCUT2D eigenvalue weighted by Gasteiger charge is -2.22. The Kier molecular flexibility index (Phi) is 4.17. The molecule has 0 amide bonds. The first-order valence-electron chi connectivity index (χ1n) is 7.45. The first-order chi connectivity index (χ1) is 9.79. The molecule has 0 spiro atoms. The lowest BCUT2D eigenvalue weighted by Crippen LogP contribution is -2.31. The standard InChI is InChI=1S/C15H22N4S/c1-3-5-18-6-4-7-19(9-8-18)15-14-13(16-11-17-15)12(2)10-20-14/h10-11H,3-9H2,1-2H3. The summed E-state index contributed by atoms with van der Waals surface area (Å²) in [7, 11) is 0. The van der Waals surface area contributed by atoms with Gasteiger partial charge in [-0.2, -0.15) is 0 Å². The Labute approximate surface area is 124 Å². The molecule has 1 fully saturated rings. The van der Waals surface area contributed by atoms with Gasteiger partial charge in [0.1, 0.15) is 12.1 Å². The maximum atomic E-state index is 4.56. The number of nitrogens with zero attached hydrogens (tertiary/aromatic N) is 4. The van der Waals surface area contributed by atoms with Crippen LogP contribution in [0.5, 0.6) is 0 Å². The van der Waals surface area contributed by atoms with Crippen LogP contribution in [-0.4, -0.2) is 47.6 Å². The first kappa shape index (κ1) is 13.8. The summed E-state index contributed by atoms with van der Waals surface area (Å²) in [5.41, 5.74) is 2.38. The average Bonchev–Trinajstić information content (AvgIpc) is 2.70. The van der Waals surface area contributed by atoms with E-state index in [0.717, 1.165) is 31.0 Å². The van der Waals surface area contributed by atoms with Crippen molar-refractivity contribution in [3.05, 3.63) is 17.3 Å². The van der Waals surface area contributed by atoms with Crippen LogP contribution in [0.2, 0.25) is 0 Å². The Morgan fingerprint density at radius 2 is 2.10 bits per heavy atom. The second kappa shape index (κ2) is 6.06. The molecule has 1 saturated heterocycles. The van der Waals surface area contributed by atoms with Crippen molar-refractivity contribution in [3.63, 3.8) is 0 Å². The lowest BCUT2D eigenvalue weighted by atomic mass is 10.3. The van der Waals surface area contributed by atoms with E-state index in [1.165, 1.54) is 36.2 Å². The third-order valence-corrected chi connectivity index (χ3v) is 5.02. The zero-order valence-electron chi connectivity index (χ0n) is 12.3. The molecule has 0 atom stereocenters. The van der Waals surface area contributed by atoms with Crippen LogP contribution in [0.4, 0.5) is 5.82 Å². The molecule has 108 valence electrons. The van der Waals surface area contributed by atoms with Crippen molar-refractivity contribution in [2.24, 2.45) is 0 Å². The minimum Gasteiger partial charge on any atom is -0.354 e. The lowest BCUT2D eigenvalue weighted by molar-refractivity contribution is 0.294. The number of aromatic nitrogens is 2. The molecule has 5 heteroatoms. The third kappa shape index (κ3) is 2.65. The maximum Gasteiger partial charge on any atom is 0.150 e. The first-order valence-corrected chi connectivity index (χ1v) is 8.33. The highest BCUT2D eigenvalue weighted by Gasteiger charge is 2.18. The van der Waals surface area contributed by atoms with E-state index in [1.54, 1.807) is 17.7 Å². The van der Waals surface area contributed by atoms with Gasteiger partial charge in [0, 0.05) is 19.6 Å². The van der Waals surface area contributed by atoms with Gasteiger partial charge in [-0.05, 0) is 43.8 Å². The van der Waals surface area contributed by atoms with Gasteiger partial charge in [0.15, 0.2) is 0 Å². The Morgan fingerprint density at radius 3 is 2.95 bits per heavy atom. The molecule has 1 aliphatic rings. The fourth-order valence-corrected chi connectivity index (χ4v) is 3.92. The summed E-state index contributed by atoms with van der Waals surface area (Å²) in [5, 5.41) is 2.18. The van der Waals surface area contributed by atoms with Crippen molar-refractivity contribution in [3.8, 4) is 0 Å². The Bertz CT molecular complexity index is 580. The molecule has 0 saturated carbocycles. The van der Waals surface area contributed by atoms with E-state index in [-0.39, 0.29) is 0 Å². The summed E-state index contributed by atoms with van der Waals surface area (Å²) in [4.78, 5) is 14.0. The highest BCUT2D eigenvalue weighted by Crippen LogP contribution is 2.31. The summed E-state index contributed by atoms with van der Waals surface area (Å²) < 4.78 is 1.24. The summed E-state index contributed by atoms with van der Waals surface area (Å²) in [5.74, 6) is 1.13. The molecule has 0 bridgehead atoms. The minimum absolute atomic E-state index is 1.07. The van der Waals surface area contributed by atoms with Crippen LogP contribution >= 0.6 is 11.3 Å². The number of aryl methyl sites for hydroxylation is 1. The molecule has 0 unspecified atom stereocenters. The monoisotopic (exact) mass is 290 g/mol. The second-order valence-electron chi connectivity index (χ2n) is 5.48. The van der Waals surface area contributed by atoms with Crippen LogP contribution in [0.15, 0.2) is 11.7 Å². The summed E-state index contributed by atoms with van der Waals surface area (Å²) in [6.45, 7) is 10.1. The number of hydrogen-bond acceptors (Lipinski definition) is 5. The van der Waals surface area contributed by atoms with Crippen LogP contribution < -0.4 is 4.90 Å². The molecular formula is C15H22N4S. The second-order valence-corrected chi connectivity index (χ2v) is 6.36. The van der Waals surface area contributed by atoms with Crippen molar-refractivity contribution in [1.29, 1.82) is 0 Å². The van der Waals surface area contributed by atoms with E-state index in [0.29, 0.717) is 0 Å². The third-order valence-electron chi connectivity index (χ3n) is 3.94. The summed E-state index contributed by atoms with van der Waals surface area (Å²) in [6, 6.07) is 0. The van der Waals surface area contributed by atoms with Gasteiger partial charge in [-0.1, -0.05) is 6.92 Å². The predicted molar refractivity (Wildman–Crippen MR) is 85.7 cm³/mol. The van der Waals surface area contributed by atoms with Gasteiger partial charge in [0.2, 0.25) is 0 Å². The molecule has 0 aliphatic carbocycles. The van der Waals surface area contributed by atoms with Crippen LogP contribution in [-0.2, 0) is 0 Å². The number of hydrogen-bond donors (Lipinski definition) is 0. The number of rotatable bonds is 3. The van der Waals surface area contributed by atoms with Gasteiger partial charge < -0.3 is 9.80 Å². The van der Waals surface area contributed by atoms with Gasteiger partial charge in [0.05, 0.1) is 10.2 Å². The molecule has 3 rings (SSSR count). The maximum absolute atomic E-state index is 4.56. The quantitative estimate of drug-likeness (QED) is 0.870. The molecule has 2 aromatic heterocycles. The molecule has 2 aromatic rings. The van der Waals surface area contributed by atoms with E-state index in [1.807, 2.05) is 0 Å². The van der Waals surface area contributed by atoms with Crippen molar-refractivity contribution in [1.82, 2.24) is 14.9 Å². The van der Waals surface area contributed by atoms with Gasteiger partial charge >= 0.3 is 0 Å². The number of thiophene rings is 1. The van der Waals surface area contributed by atoms with Crippen molar-refractivity contribution in [2.75, 3.05) is 37.6 Å². The Morgan fingerprint density at radius 1 is 1.20 bits per heavy atom. The van der Waals surface area contributed by atoms with Gasteiger partial charge in [0.25, 0.3) is 0 Å². The number of anilines is 1.